The number of nitrogens with one attached hydrogen (secondary N) is 1. The molecule has 18 heavy (non-hydrogen) atoms. The van der Waals surface area contributed by atoms with Crippen molar-refractivity contribution >= 4 is 5.69 Å². The van der Waals surface area contributed by atoms with Crippen LogP contribution < -0.4 is 10.2 Å². The topological polar surface area (TPSA) is 24.5 Å². The number of hydrogen-bond acceptors (Lipinski definition) is 3. The molecule has 1 aromatic rings. The van der Waals surface area contributed by atoms with Gasteiger partial charge in [0.25, 0.3) is 0 Å². The maximum Gasteiger partial charge on any atom is 0.0587 e. The molecule has 3 heteroatoms. The highest BCUT2D eigenvalue weighted by atomic mass is 16.5. The Morgan fingerprint density at radius 2 is 2.00 bits per heavy atom. The Morgan fingerprint density at radius 1 is 1.28 bits per heavy atom. The quantitative estimate of drug-likeness (QED) is 0.715. The first-order valence-corrected chi connectivity index (χ1v) is 6.90. The zero-order valence-electron chi connectivity index (χ0n) is 11.5. The number of benzene rings is 1. The van der Waals surface area contributed by atoms with E-state index in [2.05, 4.69) is 41.4 Å². The molecule has 0 atom stereocenters. The van der Waals surface area contributed by atoms with E-state index in [9.17, 15) is 0 Å². The van der Waals surface area contributed by atoms with Gasteiger partial charge in [0.05, 0.1) is 6.61 Å². The average Bonchev–Trinajstić information content (AvgIpc) is 3.22. The Hall–Kier alpha value is -1.06. The van der Waals surface area contributed by atoms with E-state index in [1.165, 1.54) is 24.1 Å². The van der Waals surface area contributed by atoms with Crippen molar-refractivity contribution in [3.8, 4) is 0 Å². The van der Waals surface area contributed by atoms with E-state index >= 15 is 0 Å². The van der Waals surface area contributed by atoms with Crippen LogP contribution in [0.15, 0.2) is 24.3 Å². The molecular weight excluding hydrogens is 224 g/mol. The predicted octanol–water partition coefficient (Wildman–Crippen LogP) is 2.41. The standard InChI is InChI=1S/C15H24N2O/c1-3-17(15-8-9-15)14-6-4-13(5-7-14)12-16-10-11-18-2/h4-7,15-16H,3,8-12H2,1-2H3. The molecule has 3 nitrogen and oxygen atoms in total. The Kier molecular flexibility index (Phi) is 5.02. The Labute approximate surface area is 110 Å². The van der Waals surface area contributed by atoms with Crippen LogP contribution in [0, 0.1) is 0 Å². The zero-order valence-corrected chi connectivity index (χ0v) is 11.5. The van der Waals surface area contributed by atoms with E-state index in [0.717, 1.165) is 32.3 Å². The van der Waals surface area contributed by atoms with E-state index in [4.69, 9.17) is 4.74 Å². The third-order valence-corrected chi connectivity index (χ3v) is 3.41. The summed E-state index contributed by atoms with van der Waals surface area (Å²) in [4.78, 5) is 2.50. The number of methoxy groups -OCH3 is 1. The lowest BCUT2D eigenvalue weighted by Gasteiger charge is -2.22. The van der Waals surface area contributed by atoms with E-state index < -0.39 is 0 Å². The van der Waals surface area contributed by atoms with E-state index in [0.29, 0.717) is 0 Å². The fraction of sp³-hybridized carbons (Fsp3) is 0.600. The molecule has 100 valence electrons. The van der Waals surface area contributed by atoms with E-state index in [1.807, 2.05) is 0 Å². The second-order valence-corrected chi connectivity index (χ2v) is 4.85. The minimum absolute atomic E-state index is 0.767. The first-order chi connectivity index (χ1) is 8.85. The molecule has 1 aliphatic carbocycles. The number of nitrogens with zero attached hydrogens (tertiary/aromatic N) is 1. The maximum atomic E-state index is 5.01. The van der Waals surface area contributed by atoms with Gasteiger partial charge in [0, 0.05) is 38.5 Å². The summed E-state index contributed by atoms with van der Waals surface area (Å²) in [7, 11) is 1.73. The highest BCUT2D eigenvalue weighted by molar-refractivity contribution is 5.49. The molecule has 0 radical (unpaired) electrons. The lowest BCUT2D eigenvalue weighted by molar-refractivity contribution is 0.199. The second kappa shape index (κ2) is 6.76. The van der Waals surface area contributed by atoms with Gasteiger partial charge in [0.2, 0.25) is 0 Å². The lowest BCUT2D eigenvalue weighted by Crippen LogP contribution is -2.25. The van der Waals surface area contributed by atoms with Crippen LogP contribution in [-0.2, 0) is 11.3 Å². The molecule has 0 spiro atoms. The molecule has 0 bridgehead atoms. The van der Waals surface area contributed by atoms with Crippen LogP contribution in [0.3, 0.4) is 0 Å². The van der Waals surface area contributed by atoms with Crippen LogP contribution in [0.25, 0.3) is 0 Å². The molecular formula is C15H24N2O. The summed E-state index contributed by atoms with van der Waals surface area (Å²) < 4.78 is 5.01. The molecule has 2 rings (SSSR count). The summed E-state index contributed by atoms with van der Waals surface area (Å²) in [6.45, 7) is 5.93. The van der Waals surface area contributed by atoms with Gasteiger partial charge < -0.3 is 15.0 Å². The van der Waals surface area contributed by atoms with Crippen molar-refractivity contribution in [2.45, 2.75) is 32.4 Å². The molecule has 0 amide bonds. The van der Waals surface area contributed by atoms with Crippen LogP contribution in [0.2, 0.25) is 0 Å². The first-order valence-electron chi connectivity index (χ1n) is 6.90. The molecule has 1 aliphatic rings. The smallest absolute Gasteiger partial charge is 0.0587 e. The summed E-state index contributed by atoms with van der Waals surface area (Å²) in [5.74, 6) is 0. The third-order valence-electron chi connectivity index (χ3n) is 3.41. The molecule has 1 saturated carbocycles. The third kappa shape index (κ3) is 3.72. The maximum absolute atomic E-state index is 5.01. The minimum Gasteiger partial charge on any atom is -0.383 e. The number of hydrogen-bond donors (Lipinski definition) is 1. The predicted molar refractivity (Wildman–Crippen MR) is 76.1 cm³/mol. The largest absolute Gasteiger partial charge is 0.383 e. The Morgan fingerprint density at radius 3 is 2.56 bits per heavy atom. The number of ether oxygens (including phenoxy) is 1. The molecule has 0 aliphatic heterocycles. The Balaban J connectivity index is 1.84. The van der Waals surface area contributed by atoms with Crippen LogP contribution in [0.1, 0.15) is 25.3 Å². The van der Waals surface area contributed by atoms with E-state index in [1.54, 1.807) is 7.11 Å². The van der Waals surface area contributed by atoms with Crippen LogP contribution in [0.5, 0.6) is 0 Å². The highest BCUT2D eigenvalue weighted by Crippen LogP contribution is 2.31. The van der Waals surface area contributed by atoms with Crippen LogP contribution in [0.4, 0.5) is 5.69 Å². The van der Waals surface area contributed by atoms with Crippen molar-refractivity contribution in [1.29, 1.82) is 0 Å². The molecule has 0 heterocycles. The van der Waals surface area contributed by atoms with Crippen LogP contribution in [-0.4, -0.2) is 32.8 Å². The fourth-order valence-corrected chi connectivity index (χ4v) is 2.25. The summed E-state index contributed by atoms with van der Waals surface area (Å²) in [5.41, 5.74) is 2.70. The zero-order chi connectivity index (χ0) is 12.8. The van der Waals surface area contributed by atoms with Gasteiger partial charge in [-0.15, -0.1) is 0 Å². The van der Waals surface area contributed by atoms with Gasteiger partial charge in [0.1, 0.15) is 0 Å². The van der Waals surface area contributed by atoms with Crippen molar-refractivity contribution < 1.29 is 4.74 Å². The summed E-state index contributed by atoms with van der Waals surface area (Å²) in [6, 6.07) is 9.73. The van der Waals surface area contributed by atoms with Crippen molar-refractivity contribution in [3.05, 3.63) is 29.8 Å². The van der Waals surface area contributed by atoms with Gasteiger partial charge in [-0.3, -0.25) is 0 Å². The summed E-state index contributed by atoms with van der Waals surface area (Å²) in [5, 5.41) is 3.36. The molecule has 1 fully saturated rings. The monoisotopic (exact) mass is 248 g/mol. The second-order valence-electron chi connectivity index (χ2n) is 4.85. The molecule has 0 saturated heterocycles. The van der Waals surface area contributed by atoms with Crippen molar-refractivity contribution in [1.82, 2.24) is 5.32 Å². The van der Waals surface area contributed by atoms with Gasteiger partial charge in [-0.05, 0) is 37.5 Å². The fourth-order valence-electron chi connectivity index (χ4n) is 2.25. The molecule has 0 aromatic heterocycles. The van der Waals surface area contributed by atoms with Crippen molar-refractivity contribution in [2.24, 2.45) is 0 Å². The Bertz CT molecular complexity index is 346. The van der Waals surface area contributed by atoms with Gasteiger partial charge >= 0.3 is 0 Å². The molecule has 1 N–H and O–H groups in total. The van der Waals surface area contributed by atoms with E-state index in [-0.39, 0.29) is 0 Å². The molecule has 1 aromatic carbocycles. The first kappa shape index (κ1) is 13.4. The van der Waals surface area contributed by atoms with Gasteiger partial charge in [-0.25, -0.2) is 0 Å². The van der Waals surface area contributed by atoms with Crippen molar-refractivity contribution in [2.75, 3.05) is 31.7 Å². The van der Waals surface area contributed by atoms with Gasteiger partial charge in [-0.2, -0.15) is 0 Å². The summed E-state index contributed by atoms with van der Waals surface area (Å²) >= 11 is 0. The van der Waals surface area contributed by atoms with Gasteiger partial charge in [0.15, 0.2) is 0 Å². The average molecular weight is 248 g/mol. The lowest BCUT2D eigenvalue weighted by atomic mass is 10.2. The normalized spacial score (nSPS) is 14.8. The van der Waals surface area contributed by atoms with Crippen LogP contribution >= 0.6 is 0 Å². The number of rotatable bonds is 8. The number of anilines is 1. The molecule has 0 unspecified atom stereocenters. The van der Waals surface area contributed by atoms with Crippen molar-refractivity contribution in [3.63, 3.8) is 0 Å². The highest BCUT2D eigenvalue weighted by Gasteiger charge is 2.27. The van der Waals surface area contributed by atoms with Gasteiger partial charge in [-0.1, -0.05) is 12.1 Å². The summed E-state index contributed by atoms with van der Waals surface area (Å²) in [6.07, 6.45) is 2.71. The minimum atomic E-state index is 0.767. The SMILES string of the molecule is CCN(c1ccc(CNCCOC)cc1)C1CC1.